The lowest BCUT2D eigenvalue weighted by molar-refractivity contribution is -0.187. The molecule has 2 saturated heterocycles. The van der Waals surface area contributed by atoms with E-state index < -0.39 is 42.5 Å². The van der Waals surface area contributed by atoms with E-state index in [4.69, 9.17) is 9.47 Å². The highest BCUT2D eigenvalue weighted by atomic mass is 33.1. The number of hydrogen-bond acceptors (Lipinski definition) is 11. The first-order valence-electron chi connectivity index (χ1n) is 15.0. The maximum Gasteiger partial charge on any atom is 0.330 e. The molecule has 0 aromatic rings. The molecular weight excluding hydrogens is 596 g/mol. The van der Waals surface area contributed by atoms with Crippen molar-refractivity contribution in [1.82, 2.24) is 10.6 Å². The number of fused-ring (bicyclic) bond motifs is 1. The van der Waals surface area contributed by atoms with Crippen LogP contribution in [0.4, 0.5) is 0 Å². The first-order valence-corrected chi connectivity index (χ1v) is 17.2. The molecule has 0 saturated carbocycles. The van der Waals surface area contributed by atoms with Crippen LogP contribution in [-0.2, 0) is 23.9 Å². The van der Waals surface area contributed by atoms with E-state index in [1.807, 2.05) is 24.5 Å². The number of nitrogens with one attached hydrogen (secondary N) is 2. The quantitative estimate of drug-likeness (QED) is 0.0478. The van der Waals surface area contributed by atoms with E-state index in [9.17, 15) is 34.8 Å². The molecular formula is C30H46N2O9S2. The molecule has 0 radical (unpaired) electrons. The lowest BCUT2D eigenvalue weighted by atomic mass is 9.86. The van der Waals surface area contributed by atoms with Gasteiger partial charge in [0.1, 0.15) is 24.4 Å². The molecule has 9 atom stereocenters. The van der Waals surface area contributed by atoms with E-state index >= 15 is 0 Å². The first kappa shape index (κ1) is 35.6. The zero-order chi connectivity index (χ0) is 31.5. The third-order valence-corrected chi connectivity index (χ3v) is 10.5. The fourth-order valence-corrected chi connectivity index (χ4v) is 7.61. The van der Waals surface area contributed by atoms with E-state index in [-0.39, 0.29) is 47.7 Å². The minimum atomic E-state index is -1.33. The normalized spacial score (nSPS) is 29.5. The van der Waals surface area contributed by atoms with Crippen molar-refractivity contribution in [3.05, 3.63) is 34.9 Å². The summed E-state index contributed by atoms with van der Waals surface area (Å²) in [5.41, 5.74) is 1.12. The average molecular weight is 643 g/mol. The van der Waals surface area contributed by atoms with Crippen molar-refractivity contribution < 1.29 is 44.3 Å². The van der Waals surface area contributed by atoms with Crippen molar-refractivity contribution in [2.45, 2.75) is 108 Å². The Bertz CT molecular complexity index is 1050. The highest BCUT2D eigenvalue weighted by Gasteiger charge is 2.43. The van der Waals surface area contributed by atoms with Gasteiger partial charge in [0.15, 0.2) is 0 Å². The molecule has 3 aliphatic rings. The Kier molecular flexibility index (Phi) is 14.6. The van der Waals surface area contributed by atoms with E-state index in [1.54, 1.807) is 28.5 Å². The number of ether oxygens (including phenoxy) is 2. The molecule has 3 aliphatic heterocycles. The Labute approximate surface area is 261 Å². The average Bonchev–Trinajstić information content (AvgIpc) is 3.53. The predicted molar refractivity (Wildman–Crippen MR) is 165 cm³/mol. The van der Waals surface area contributed by atoms with Gasteiger partial charge in [-0.05, 0) is 44.6 Å². The fourth-order valence-electron chi connectivity index (χ4n) is 5.02. The zero-order valence-electron chi connectivity index (χ0n) is 25.0. The van der Waals surface area contributed by atoms with Gasteiger partial charge in [0.25, 0.3) is 0 Å². The minimum Gasteiger partial charge on any atom is -0.463 e. The van der Waals surface area contributed by atoms with Gasteiger partial charge in [0, 0.05) is 29.5 Å². The molecule has 0 spiro atoms. The van der Waals surface area contributed by atoms with Crippen LogP contribution in [0.1, 0.15) is 65.7 Å². The van der Waals surface area contributed by atoms with Gasteiger partial charge in [-0.2, -0.15) is 0 Å². The van der Waals surface area contributed by atoms with Crippen LogP contribution in [0.3, 0.4) is 0 Å². The van der Waals surface area contributed by atoms with Crippen LogP contribution in [0.2, 0.25) is 0 Å². The number of hydrogen-bond donors (Lipinski definition) is 6. The Hall–Kier alpha value is -1.87. The number of unbranched alkanes of at least 4 members (excludes halogenated alkanes) is 4. The Morgan fingerprint density at radius 2 is 1.88 bits per heavy atom. The highest BCUT2D eigenvalue weighted by Crippen LogP contribution is 2.43. The van der Waals surface area contributed by atoms with Crippen LogP contribution in [0.25, 0.3) is 0 Å². The largest absolute Gasteiger partial charge is 0.463 e. The second kappa shape index (κ2) is 17.6. The summed E-state index contributed by atoms with van der Waals surface area (Å²) in [5.74, 6) is -1.30. The molecule has 2 unspecified atom stereocenters. The number of allylic oxidation sites excluding steroid dienone is 1. The van der Waals surface area contributed by atoms with Crippen molar-refractivity contribution in [2.75, 3.05) is 13.2 Å². The molecule has 0 aromatic carbocycles. The second-order valence-electron chi connectivity index (χ2n) is 11.5. The summed E-state index contributed by atoms with van der Waals surface area (Å²) < 4.78 is 10.9. The summed E-state index contributed by atoms with van der Waals surface area (Å²) in [7, 11) is 3.12. The number of aliphatic hydroxyl groups excluding tert-OH is 4. The summed E-state index contributed by atoms with van der Waals surface area (Å²) in [6.45, 7) is 5.46. The van der Waals surface area contributed by atoms with Crippen LogP contribution in [-0.4, -0.2) is 93.2 Å². The lowest BCUT2D eigenvalue weighted by Gasteiger charge is -2.39. The molecule has 3 heterocycles. The van der Waals surface area contributed by atoms with Crippen LogP contribution < -0.4 is 10.6 Å². The SMILES string of the molecule is C/C(=C\C(=O)OCCCCCCCC(=O)NC1C(=O)NC2=CSSC21)[C@@H](O)[C@H]1OC[C@@H](C/C=C/[C@@H](C)[C@@H](C)O)[C@@H](O)[C@@H]1O. The molecule has 3 rings (SSSR count). The van der Waals surface area contributed by atoms with E-state index in [0.29, 0.717) is 25.7 Å². The molecule has 0 bridgehead atoms. The maximum absolute atomic E-state index is 12.3. The minimum absolute atomic E-state index is 0.0374. The van der Waals surface area contributed by atoms with Gasteiger partial charge < -0.3 is 40.5 Å². The van der Waals surface area contributed by atoms with Gasteiger partial charge in [0.2, 0.25) is 11.8 Å². The summed E-state index contributed by atoms with van der Waals surface area (Å²) in [6, 6.07) is -0.518. The smallest absolute Gasteiger partial charge is 0.330 e. The third kappa shape index (κ3) is 10.6. The Balaban J connectivity index is 1.26. The van der Waals surface area contributed by atoms with Crippen molar-refractivity contribution in [3.63, 3.8) is 0 Å². The topological polar surface area (TPSA) is 175 Å². The first-order chi connectivity index (χ1) is 20.5. The van der Waals surface area contributed by atoms with Gasteiger partial charge in [-0.3, -0.25) is 9.59 Å². The number of esters is 1. The van der Waals surface area contributed by atoms with Crippen LogP contribution in [0.5, 0.6) is 0 Å². The summed E-state index contributed by atoms with van der Waals surface area (Å²) in [4.78, 5) is 36.5. The van der Waals surface area contributed by atoms with Crippen molar-refractivity contribution in [3.8, 4) is 0 Å². The van der Waals surface area contributed by atoms with Gasteiger partial charge in [-0.25, -0.2) is 4.79 Å². The summed E-state index contributed by atoms with van der Waals surface area (Å²) in [6.07, 6.45) is 4.27. The van der Waals surface area contributed by atoms with Crippen molar-refractivity contribution >= 4 is 39.4 Å². The van der Waals surface area contributed by atoms with Crippen LogP contribution in [0, 0.1) is 11.8 Å². The maximum atomic E-state index is 12.3. The van der Waals surface area contributed by atoms with Crippen molar-refractivity contribution in [2.24, 2.45) is 11.8 Å². The molecule has 242 valence electrons. The Morgan fingerprint density at radius 1 is 1.16 bits per heavy atom. The van der Waals surface area contributed by atoms with E-state index in [0.717, 1.165) is 25.0 Å². The number of amides is 2. The van der Waals surface area contributed by atoms with Gasteiger partial charge in [-0.15, -0.1) is 0 Å². The number of aliphatic hydroxyl groups is 4. The predicted octanol–water partition coefficient (Wildman–Crippen LogP) is 2.10. The van der Waals surface area contributed by atoms with Crippen LogP contribution >= 0.6 is 21.6 Å². The number of rotatable bonds is 16. The fraction of sp³-hybridized carbons (Fsp3) is 0.700. The summed E-state index contributed by atoms with van der Waals surface area (Å²) in [5, 5.41) is 48.9. The molecule has 11 nitrogen and oxygen atoms in total. The van der Waals surface area contributed by atoms with E-state index in [2.05, 4.69) is 10.6 Å². The number of carbonyl (C=O) groups excluding carboxylic acids is 3. The molecule has 0 aliphatic carbocycles. The van der Waals surface area contributed by atoms with Gasteiger partial charge in [0.05, 0.1) is 30.7 Å². The molecule has 13 heteroatoms. The summed E-state index contributed by atoms with van der Waals surface area (Å²) >= 11 is 0. The molecule has 2 amide bonds. The standard InChI is InChI=1S/C30H46N2O9S2/c1-17(19(3)33)10-9-11-20-15-41-28(27(38)26(20)37)25(36)18(2)14-23(35)40-13-8-6-4-5-7-12-22(34)32-24-29-21(16-42-43-29)31-30(24)39/h9-10,14,16-17,19-20,24-29,33,36-38H,4-8,11-13,15H2,1-3H3,(H,31,39)(H,32,34)/b10-9+,18-14+/t17-,19-,20-,24?,25-,26-,27+,28-,29?/m1/s1. The van der Waals surface area contributed by atoms with Crippen molar-refractivity contribution in [1.29, 1.82) is 0 Å². The number of carbonyl (C=O) groups is 3. The second-order valence-corrected chi connectivity index (χ2v) is 13.8. The Morgan fingerprint density at radius 3 is 2.63 bits per heavy atom. The van der Waals surface area contributed by atoms with E-state index in [1.165, 1.54) is 13.0 Å². The highest BCUT2D eigenvalue weighted by molar-refractivity contribution is 8.78. The van der Waals surface area contributed by atoms with Crippen LogP contribution in [0.15, 0.2) is 34.9 Å². The molecule has 2 fully saturated rings. The third-order valence-electron chi connectivity index (χ3n) is 8.04. The zero-order valence-corrected chi connectivity index (χ0v) is 26.6. The molecule has 6 N–H and O–H groups in total. The van der Waals surface area contributed by atoms with Gasteiger partial charge in [-0.1, -0.05) is 59.9 Å². The van der Waals surface area contributed by atoms with Gasteiger partial charge >= 0.3 is 5.97 Å². The lowest BCUT2D eigenvalue weighted by Crippen LogP contribution is -2.54. The monoisotopic (exact) mass is 642 g/mol. The molecule has 43 heavy (non-hydrogen) atoms. The molecule has 0 aromatic heterocycles.